The van der Waals surface area contributed by atoms with Crippen LogP contribution in [0.4, 0.5) is 28.3 Å². The first-order valence-electron chi connectivity index (χ1n) is 9.16. The number of aromatic nitrogens is 1. The molecule has 0 aliphatic carbocycles. The van der Waals surface area contributed by atoms with E-state index in [0.29, 0.717) is 16.8 Å². The second-order valence-corrected chi connectivity index (χ2v) is 7.47. The van der Waals surface area contributed by atoms with E-state index in [4.69, 9.17) is 15.6 Å². The van der Waals surface area contributed by atoms with Gasteiger partial charge in [-0.3, -0.25) is 14.2 Å². The summed E-state index contributed by atoms with van der Waals surface area (Å²) in [4.78, 5) is 16.1. The molecule has 1 atom stereocenters. The molecule has 5 N–H and O–H groups in total. The number of aliphatic hydroxyl groups excluding tert-OH is 1. The molecule has 0 aliphatic heterocycles. The number of rotatable bonds is 7. The first-order chi connectivity index (χ1) is 15.1. The fourth-order valence-corrected chi connectivity index (χ4v) is 3.40. The largest absolute Gasteiger partial charge is 0.454 e. The molecule has 32 heavy (non-hydrogen) atoms. The summed E-state index contributed by atoms with van der Waals surface area (Å²) in [6.45, 7) is 1.39. The molecular weight excluding hydrogens is 452 g/mol. The van der Waals surface area contributed by atoms with Crippen LogP contribution in [0.2, 0.25) is 0 Å². The van der Waals surface area contributed by atoms with Crippen molar-refractivity contribution in [1.82, 2.24) is 4.37 Å². The number of H-pyrrole nitrogens is 1. The quantitative estimate of drug-likeness (QED) is 0.235. The van der Waals surface area contributed by atoms with E-state index in [9.17, 15) is 22.4 Å². The highest BCUT2D eigenvalue weighted by Gasteiger charge is 2.35. The maximum absolute atomic E-state index is 14.1. The summed E-state index contributed by atoms with van der Waals surface area (Å²) < 4.78 is 60.5. The molecule has 1 unspecified atom stereocenters. The second kappa shape index (κ2) is 9.40. The predicted molar refractivity (Wildman–Crippen MR) is 113 cm³/mol. The number of nitrogens with zero attached hydrogens (tertiary/aromatic N) is 1. The topological polar surface area (TPSA) is 113 Å². The summed E-state index contributed by atoms with van der Waals surface area (Å²) in [5.74, 6) is -2.00. The van der Waals surface area contributed by atoms with Crippen LogP contribution in [0.3, 0.4) is 0 Å². The van der Waals surface area contributed by atoms with Gasteiger partial charge in [-0.1, -0.05) is 6.07 Å². The van der Waals surface area contributed by atoms with E-state index < -0.39 is 34.9 Å². The predicted octanol–water partition coefficient (Wildman–Crippen LogP) is 4.22. The van der Waals surface area contributed by atoms with Gasteiger partial charge in [0.05, 0.1) is 18.2 Å². The van der Waals surface area contributed by atoms with Gasteiger partial charge in [0.2, 0.25) is 0 Å². The fraction of sp³-hybridized carbons (Fsp3) is 0.200. The molecular formula is C20H18F4N4O3S. The Balaban J connectivity index is 1.79. The van der Waals surface area contributed by atoms with Gasteiger partial charge in [-0.25, -0.2) is 4.39 Å². The minimum atomic E-state index is -4.84. The Kier molecular flexibility index (Phi) is 6.84. The third-order valence-corrected chi connectivity index (χ3v) is 4.99. The fourth-order valence-electron chi connectivity index (χ4n) is 2.64. The highest BCUT2D eigenvalue weighted by molar-refractivity contribution is 7.10. The Bertz CT molecular complexity index is 1170. The van der Waals surface area contributed by atoms with Gasteiger partial charge < -0.3 is 20.9 Å². The molecule has 170 valence electrons. The number of halogens is 4. The molecule has 0 saturated carbocycles. The Morgan fingerprint density at radius 2 is 1.97 bits per heavy atom. The van der Waals surface area contributed by atoms with Gasteiger partial charge in [-0.2, -0.15) is 13.2 Å². The number of amidine groups is 1. The van der Waals surface area contributed by atoms with Crippen molar-refractivity contribution in [3.05, 3.63) is 69.8 Å². The van der Waals surface area contributed by atoms with Crippen LogP contribution in [0.1, 0.15) is 18.1 Å². The molecule has 12 heteroatoms. The summed E-state index contributed by atoms with van der Waals surface area (Å²) >= 11 is 0.987. The van der Waals surface area contributed by atoms with E-state index in [2.05, 4.69) is 14.7 Å². The van der Waals surface area contributed by atoms with Crippen LogP contribution in [0.5, 0.6) is 11.5 Å². The summed E-state index contributed by atoms with van der Waals surface area (Å²) in [5, 5.41) is 12.5. The lowest BCUT2D eigenvalue weighted by Crippen LogP contribution is -2.24. The van der Waals surface area contributed by atoms with Crippen molar-refractivity contribution < 1.29 is 27.4 Å². The molecule has 2 aromatic carbocycles. The van der Waals surface area contributed by atoms with E-state index >= 15 is 0 Å². The number of hydrogen-bond donors (Lipinski definition) is 4. The van der Waals surface area contributed by atoms with Crippen molar-refractivity contribution in [3.63, 3.8) is 0 Å². The standard InChI is InChI=1S/C20H18F4N4O3S/c1-10(9-29)26-17(25)15-18(30)28-32-19(15)27-11-5-7-12(8-6-11)31-14-4-2-3-13(16(14)21)20(22,23)24/h2-8,10,27,29H,9H2,1H3,(H2,25,26)(H,28,30). The molecule has 0 saturated heterocycles. The van der Waals surface area contributed by atoms with E-state index in [1.165, 1.54) is 24.3 Å². The molecule has 1 heterocycles. The lowest BCUT2D eigenvalue weighted by Gasteiger charge is -2.12. The average Bonchev–Trinajstić information content (AvgIpc) is 3.10. The van der Waals surface area contributed by atoms with E-state index in [-0.39, 0.29) is 23.8 Å². The van der Waals surface area contributed by atoms with Crippen molar-refractivity contribution in [2.24, 2.45) is 10.7 Å². The third-order valence-electron chi connectivity index (χ3n) is 4.19. The summed E-state index contributed by atoms with van der Waals surface area (Å²) in [5.41, 5.74) is 4.63. The monoisotopic (exact) mass is 470 g/mol. The minimum Gasteiger partial charge on any atom is -0.454 e. The molecule has 0 radical (unpaired) electrons. The normalized spacial score (nSPS) is 13.1. The lowest BCUT2D eigenvalue weighted by molar-refractivity contribution is -0.140. The Morgan fingerprint density at radius 3 is 2.59 bits per heavy atom. The average molecular weight is 470 g/mol. The molecule has 0 spiro atoms. The zero-order valence-corrected chi connectivity index (χ0v) is 17.4. The van der Waals surface area contributed by atoms with Crippen LogP contribution >= 0.6 is 11.5 Å². The Labute approximate surface area is 183 Å². The smallest absolute Gasteiger partial charge is 0.419 e. The molecule has 1 aromatic heterocycles. The molecule has 0 aliphatic rings. The molecule has 0 bridgehead atoms. The zero-order chi connectivity index (χ0) is 23.5. The zero-order valence-electron chi connectivity index (χ0n) is 16.5. The van der Waals surface area contributed by atoms with Gasteiger partial charge in [0.15, 0.2) is 11.6 Å². The second-order valence-electron chi connectivity index (χ2n) is 6.65. The van der Waals surface area contributed by atoms with Crippen molar-refractivity contribution in [2.75, 3.05) is 11.9 Å². The molecule has 3 aromatic rings. The molecule has 0 amide bonds. The SMILES string of the molecule is CC(CO)N=C(N)c1c(Nc2ccc(Oc3cccc(C(F)(F)F)c3F)cc2)s[nH]c1=O. The summed E-state index contributed by atoms with van der Waals surface area (Å²) in [7, 11) is 0. The van der Waals surface area contributed by atoms with Gasteiger partial charge in [-0.15, -0.1) is 0 Å². The third kappa shape index (κ3) is 5.26. The van der Waals surface area contributed by atoms with Gasteiger partial charge in [0, 0.05) is 5.69 Å². The number of alkyl halides is 3. The Hall–Kier alpha value is -3.38. The van der Waals surface area contributed by atoms with E-state index in [0.717, 1.165) is 23.7 Å². The van der Waals surface area contributed by atoms with Crippen LogP contribution in [0, 0.1) is 5.82 Å². The number of benzene rings is 2. The lowest BCUT2D eigenvalue weighted by atomic mass is 10.2. The van der Waals surface area contributed by atoms with Crippen LogP contribution in [0.15, 0.2) is 52.3 Å². The number of nitrogens with two attached hydrogens (primary N) is 1. The van der Waals surface area contributed by atoms with Crippen LogP contribution in [-0.4, -0.2) is 28.0 Å². The van der Waals surface area contributed by atoms with Gasteiger partial charge >= 0.3 is 6.18 Å². The number of aliphatic hydroxyl groups is 1. The molecule has 7 nitrogen and oxygen atoms in total. The first kappa shape index (κ1) is 23.3. The van der Waals surface area contributed by atoms with Gasteiger partial charge in [0.25, 0.3) is 5.56 Å². The van der Waals surface area contributed by atoms with Gasteiger partial charge in [0.1, 0.15) is 22.1 Å². The number of aliphatic imine (C=N–C) groups is 1. The summed E-state index contributed by atoms with van der Waals surface area (Å²) in [6.07, 6.45) is -4.84. The maximum Gasteiger partial charge on any atom is 0.419 e. The van der Waals surface area contributed by atoms with E-state index in [1.807, 2.05) is 0 Å². The van der Waals surface area contributed by atoms with Crippen molar-refractivity contribution in [3.8, 4) is 11.5 Å². The van der Waals surface area contributed by atoms with Crippen molar-refractivity contribution >= 4 is 28.1 Å². The highest BCUT2D eigenvalue weighted by atomic mass is 32.1. The number of nitrogens with one attached hydrogen (secondary N) is 2. The maximum atomic E-state index is 14.1. The van der Waals surface area contributed by atoms with E-state index in [1.54, 1.807) is 6.92 Å². The van der Waals surface area contributed by atoms with Gasteiger partial charge in [-0.05, 0) is 54.9 Å². The van der Waals surface area contributed by atoms with Crippen molar-refractivity contribution in [2.45, 2.75) is 19.1 Å². The van der Waals surface area contributed by atoms with Crippen LogP contribution in [0.25, 0.3) is 0 Å². The number of anilines is 2. The minimum absolute atomic E-state index is 0.0449. The van der Waals surface area contributed by atoms with Crippen LogP contribution < -0.4 is 21.3 Å². The number of aromatic amines is 1. The number of ether oxygens (including phenoxy) is 1. The molecule has 3 rings (SSSR count). The summed E-state index contributed by atoms with van der Waals surface area (Å²) in [6, 6.07) is 8.17. The van der Waals surface area contributed by atoms with Crippen LogP contribution in [-0.2, 0) is 6.18 Å². The van der Waals surface area contributed by atoms with Crippen molar-refractivity contribution in [1.29, 1.82) is 0 Å². The molecule has 0 fully saturated rings. The highest BCUT2D eigenvalue weighted by Crippen LogP contribution is 2.36. The number of hydrogen-bond acceptors (Lipinski definition) is 6. The first-order valence-corrected chi connectivity index (χ1v) is 9.98. The Morgan fingerprint density at radius 1 is 1.28 bits per heavy atom.